The first-order valence-electron chi connectivity index (χ1n) is 8.93. The van der Waals surface area contributed by atoms with Crippen LogP contribution < -0.4 is 0 Å². The maximum Gasteiger partial charge on any atom is 0.222 e. The van der Waals surface area contributed by atoms with Crippen LogP contribution in [0.3, 0.4) is 0 Å². The minimum Gasteiger partial charge on any atom is -0.342 e. The number of carbonyl (C=O) groups is 1. The smallest absolute Gasteiger partial charge is 0.222 e. The van der Waals surface area contributed by atoms with Crippen molar-refractivity contribution >= 4 is 18.1 Å². The van der Waals surface area contributed by atoms with E-state index in [2.05, 4.69) is 22.0 Å². The lowest BCUT2D eigenvalue weighted by atomic mass is 9.80. The van der Waals surface area contributed by atoms with Gasteiger partial charge in [-0.3, -0.25) is 9.89 Å². The molecule has 2 fully saturated rings. The minimum absolute atomic E-state index is 0.302. The summed E-state index contributed by atoms with van der Waals surface area (Å²) in [5, 5.41) is 7.23. The van der Waals surface area contributed by atoms with Crippen LogP contribution in [0.2, 0.25) is 0 Å². The van der Waals surface area contributed by atoms with Crippen LogP contribution in [-0.2, 0) is 11.8 Å². The van der Waals surface area contributed by atoms with E-state index in [-0.39, 0.29) is 0 Å². The van der Waals surface area contributed by atoms with Gasteiger partial charge in [-0.05, 0) is 49.7 Å². The highest BCUT2D eigenvalue weighted by molar-refractivity contribution is 7.71. The van der Waals surface area contributed by atoms with Crippen molar-refractivity contribution in [2.75, 3.05) is 13.1 Å². The van der Waals surface area contributed by atoms with Gasteiger partial charge in [-0.1, -0.05) is 19.8 Å². The van der Waals surface area contributed by atoms with Gasteiger partial charge in [-0.15, -0.1) is 0 Å². The van der Waals surface area contributed by atoms with Crippen LogP contribution in [0, 0.1) is 16.6 Å². The highest BCUT2D eigenvalue weighted by Gasteiger charge is 2.29. The summed E-state index contributed by atoms with van der Waals surface area (Å²) in [6.45, 7) is 4.00. The van der Waals surface area contributed by atoms with Gasteiger partial charge in [0.2, 0.25) is 5.91 Å². The molecule has 0 radical (unpaired) electrons. The summed E-state index contributed by atoms with van der Waals surface area (Å²) in [7, 11) is 1.95. The van der Waals surface area contributed by atoms with Crippen LogP contribution in [0.25, 0.3) is 0 Å². The van der Waals surface area contributed by atoms with Gasteiger partial charge in [-0.2, -0.15) is 5.10 Å². The van der Waals surface area contributed by atoms with Crippen molar-refractivity contribution in [3.8, 4) is 0 Å². The molecule has 1 aliphatic carbocycles. The van der Waals surface area contributed by atoms with Gasteiger partial charge in [0.15, 0.2) is 4.77 Å². The Kier molecular flexibility index (Phi) is 5.19. The largest absolute Gasteiger partial charge is 0.342 e. The standard InChI is InChI=1S/C17H28N4OS/c1-12-5-3-6-13(9-12)10-15(22)21-8-4-7-14(11-21)16-18-19-17(23)20(16)2/h12-14H,3-11H2,1-2H3,(H,19,23)/t12-,13-,14-/m1/s1. The quantitative estimate of drug-likeness (QED) is 0.861. The van der Waals surface area contributed by atoms with E-state index in [1.807, 2.05) is 11.6 Å². The Morgan fingerprint density at radius 2 is 2.17 bits per heavy atom. The molecule has 1 aromatic rings. The fourth-order valence-corrected chi connectivity index (χ4v) is 4.40. The third-order valence-electron chi connectivity index (χ3n) is 5.56. The molecule has 23 heavy (non-hydrogen) atoms. The van der Waals surface area contributed by atoms with Gasteiger partial charge in [0.05, 0.1) is 0 Å². The average Bonchev–Trinajstić information content (AvgIpc) is 2.87. The van der Waals surface area contributed by atoms with Crippen LogP contribution in [-0.4, -0.2) is 38.7 Å². The zero-order chi connectivity index (χ0) is 16.4. The van der Waals surface area contributed by atoms with Crippen molar-refractivity contribution < 1.29 is 4.79 Å². The summed E-state index contributed by atoms with van der Waals surface area (Å²) < 4.78 is 2.59. The van der Waals surface area contributed by atoms with Gasteiger partial charge in [0, 0.05) is 32.5 Å². The molecule has 3 atom stereocenters. The third kappa shape index (κ3) is 3.84. The number of carbonyl (C=O) groups excluding carboxylic acids is 1. The number of H-pyrrole nitrogens is 1. The average molecular weight is 337 g/mol. The Morgan fingerprint density at radius 3 is 2.87 bits per heavy atom. The van der Waals surface area contributed by atoms with E-state index in [1.54, 1.807) is 0 Å². The summed E-state index contributed by atoms with van der Waals surface area (Å²) in [6.07, 6.45) is 7.92. The molecule has 6 heteroatoms. The Labute approximate surface area is 143 Å². The second-order valence-corrected chi connectivity index (χ2v) is 7.85. The number of aromatic amines is 1. The Balaban J connectivity index is 1.60. The monoisotopic (exact) mass is 336 g/mol. The Morgan fingerprint density at radius 1 is 1.35 bits per heavy atom. The number of aromatic nitrogens is 3. The number of nitrogens with zero attached hydrogens (tertiary/aromatic N) is 3. The van der Waals surface area contributed by atoms with Gasteiger partial charge in [0.25, 0.3) is 0 Å². The van der Waals surface area contributed by atoms with Crippen LogP contribution in [0.4, 0.5) is 0 Å². The molecular formula is C17H28N4OS. The molecular weight excluding hydrogens is 308 g/mol. The molecule has 1 N–H and O–H groups in total. The van der Waals surface area contributed by atoms with Crippen molar-refractivity contribution in [3.05, 3.63) is 10.6 Å². The maximum atomic E-state index is 12.7. The summed E-state index contributed by atoms with van der Waals surface area (Å²) in [4.78, 5) is 14.8. The Hall–Kier alpha value is -1.17. The van der Waals surface area contributed by atoms with Gasteiger partial charge >= 0.3 is 0 Å². The molecule has 0 unspecified atom stereocenters. The lowest BCUT2D eigenvalue weighted by Gasteiger charge is -2.34. The number of likely N-dealkylation sites (tertiary alicyclic amines) is 1. The zero-order valence-corrected chi connectivity index (χ0v) is 15.1. The predicted octanol–water partition coefficient (Wildman–Crippen LogP) is 3.40. The first-order valence-corrected chi connectivity index (χ1v) is 9.34. The molecule has 2 aliphatic rings. The summed E-state index contributed by atoms with van der Waals surface area (Å²) in [6, 6.07) is 0. The second kappa shape index (κ2) is 7.16. The number of piperidine rings is 1. The van der Waals surface area contributed by atoms with Gasteiger partial charge < -0.3 is 9.47 Å². The number of rotatable bonds is 3. The molecule has 3 rings (SSSR count). The predicted molar refractivity (Wildman–Crippen MR) is 92.7 cm³/mol. The van der Waals surface area contributed by atoms with Crippen LogP contribution in [0.1, 0.15) is 63.6 Å². The molecule has 5 nitrogen and oxygen atoms in total. The summed E-state index contributed by atoms with van der Waals surface area (Å²) in [5.74, 6) is 3.00. The van der Waals surface area contributed by atoms with Crippen molar-refractivity contribution in [3.63, 3.8) is 0 Å². The highest BCUT2D eigenvalue weighted by atomic mass is 32.1. The van der Waals surface area contributed by atoms with E-state index >= 15 is 0 Å². The minimum atomic E-state index is 0.302. The Bertz CT molecular complexity index is 608. The number of amides is 1. The van der Waals surface area contributed by atoms with E-state index in [4.69, 9.17) is 12.2 Å². The van der Waals surface area contributed by atoms with E-state index in [0.717, 1.165) is 44.1 Å². The van der Waals surface area contributed by atoms with E-state index < -0.39 is 0 Å². The van der Waals surface area contributed by atoms with E-state index in [1.165, 1.54) is 25.7 Å². The van der Waals surface area contributed by atoms with Crippen molar-refractivity contribution in [2.24, 2.45) is 18.9 Å². The normalized spacial score (nSPS) is 28.8. The molecule has 1 amide bonds. The molecule has 1 aromatic heterocycles. The van der Waals surface area contributed by atoms with Gasteiger partial charge in [-0.25, -0.2) is 0 Å². The lowest BCUT2D eigenvalue weighted by molar-refractivity contribution is -0.133. The first kappa shape index (κ1) is 16.7. The first-order chi connectivity index (χ1) is 11.0. The topological polar surface area (TPSA) is 53.9 Å². The number of hydrogen-bond donors (Lipinski definition) is 1. The number of nitrogens with one attached hydrogen (secondary N) is 1. The molecule has 1 saturated carbocycles. The molecule has 2 heterocycles. The molecule has 1 saturated heterocycles. The van der Waals surface area contributed by atoms with E-state index in [9.17, 15) is 4.79 Å². The molecule has 0 aromatic carbocycles. The van der Waals surface area contributed by atoms with Gasteiger partial charge in [0.1, 0.15) is 5.82 Å². The van der Waals surface area contributed by atoms with E-state index in [0.29, 0.717) is 22.5 Å². The number of hydrogen-bond acceptors (Lipinski definition) is 3. The highest BCUT2D eigenvalue weighted by Crippen LogP contribution is 2.32. The van der Waals surface area contributed by atoms with Crippen LogP contribution in [0.5, 0.6) is 0 Å². The zero-order valence-electron chi connectivity index (χ0n) is 14.3. The summed E-state index contributed by atoms with van der Waals surface area (Å²) >= 11 is 5.21. The fraction of sp³-hybridized carbons (Fsp3) is 0.824. The fourth-order valence-electron chi connectivity index (χ4n) is 4.26. The SMILES string of the molecule is C[C@@H]1CCC[C@@H](CC(=O)N2CCC[C@@H](c3n[nH]c(=S)n3C)C2)C1. The van der Waals surface area contributed by atoms with Crippen LogP contribution in [0.15, 0.2) is 0 Å². The molecule has 128 valence electrons. The van der Waals surface area contributed by atoms with Crippen LogP contribution >= 0.6 is 12.2 Å². The molecule has 0 bridgehead atoms. The maximum absolute atomic E-state index is 12.7. The second-order valence-electron chi connectivity index (χ2n) is 7.47. The third-order valence-corrected chi connectivity index (χ3v) is 5.93. The van der Waals surface area contributed by atoms with Crippen molar-refractivity contribution in [1.82, 2.24) is 19.7 Å². The lowest BCUT2D eigenvalue weighted by Crippen LogP contribution is -2.40. The molecule has 0 spiro atoms. The van der Waals surface area contributed by atoms with Crippen molar-refractivity contribution in [1.29, 1.82) is 0 Å². The summed E-state index contributed by atoms with van der Waals surface area (Å²) in [5.41, 5.74) is 0. The van der Waals surface area contributed by atoms with Crippen molar-refractivity contribution in [2.45, 2.75) is 57.8 Å². The molecule has 1 aliphatic heterocycles.